The molecule has 104 valence electrons. The highest BCUT2D eigenvalue weighted by molar-refractivity contribution is 5.94. The number of methoxy groups -OCH3 is 1. The molecule has 4 nitrogen and oxygen atoms in total. The molecule has 0 atom stereocenters. The predicted octanol–water partition coefficient (Wildman–Crippen LogP) is 1.86. The lowest BCUT2D eigenvalue weighted by molar-refractivity contribution is 0.0782. The molecule has 0 bridgehead atoms. The van der Waals surface area contributed by atoms with Gasteiger partial charge in [0, 0.05) is 25.7 Å². The Kier molecular flexibility index (Phi) is 4.80. The van der Waals surface area contributed by atoms with Crippen molar-refractivity contribution in [3.05, 3.63) is 29.8 Å². The minimum atomic E-state index is 0.0712. The number of benzene rings is 1. The van der Waals surface area contributed by atoms with E-state index >= 15 is 0 Å². The molecular weight excluding hydrogens is 240 g/mol. The summed E-state index contributed by atoms with van der Waals surface area (Å²) in [6.45, 7) is 4.10. The molecule has 1 heterocycles. The lowest BCUT2D eigenvalue weighted by Gasteiger charge is -2.21. The minimum absolute atomic E-state index is 0.0712. The molecule has 0 aromatic heterocycles. The Hall–Kier alpha value is -1.55. The second kappa shape index (κ2) is 6.57. The van der Waals surface area contributed by atoms with E-state index in [1.165, 1.54) is 25.9 Å². The molecule has 0 aliphatic carbocycles. The largest absolute Gasteiger partial charge is 0.497 e. The molecule has 1 aromatic carbocycles. The summed E-state index contributed by atoms with van der Waals surface area (Å²) in [7, 11) is 3.49. The van der Waals surface area contributed by atoms with Gasteiger partial charge in [-0.3, -0.25) is 4.79 Å². The number of amides is 1. The van der Waals surface area contributed by atoms with Crippen molar-refractivity contribution in [3.63, 3.8) is 0 Å². The summed E-state index contributed by atoms with van der Waals surface area (Å²) in [6.07, 6.45) is 2.58. The molecule has 0 spiro atoms. The number of hydrogen-bond acceptors (Lipinski definition) is 3. The van der Waals surface area contributed by atoms with Crippen molar-refractivity contribution < 1.29 is 9.53 Å². The van der Waals surface area contributed by atoms with Crippen LogP contribution in [-0.4, -0.2) is 56.0 Å². The second-order valence-electron chi connectivity index (χ2n) is 5.00. The Balaban J connectivity index is 1.86. The van der Waals surface area contributed by atoms with Crippen LogP contribution in [0.25, 0.3) is 0 Å². The zero-order valence-electron chi connectivity index (χ0n) is 11.8. The molecule has 1 amide bonds. The van der Waals surface area contributed by atoms with E-state index in [0.717, 1.165) is 18.8 Å². The van der Waals surface area contributed by atoms with Gasteiger partial charge in [0.15, 0.2) is 0 Å². The highest BCUT2D eigenvalue weighted by atomic mass is 16.5. The average Bonchev–Trinajstić information content (AvgIpc) is 2.97. The smallest absolute Gasteiger partial charge is 0.253 e. The van der Waals surface area contributed by atoms with Crippen molar-refractivity contribution in [1.82, 2.24) is 9.80 Å². The zero-order valence-corrected chi connectivity index (χ0v) is 11.8. The predicted molar refractivity (Wildman–Crippen MR) is 75.6 cm³/mol. The van der Waals surface area contributed by atoms with E-state index in [9.17, 15) is 4.79 Å². The molecule has 0 saturated carbocycles. The third kappa shape index (κ3) is 3.70. The van der Waals surface area contributed by atoms with Crippen molar-refractivity contribution in [2.45, 2.75) is 12.8 Å². The Morgan fingerprint density at radius 3 is 2.47 bits per heavy atom. The van der Waals surface area contributed by atoms with E-state index in [0.29, 0.717) is 5.56 Å². The zero-order chi connectivity index (χ0) is 13.7. The molecule has 19 heavy (non-hydrogen) atoms. The van der Waals surface area contributed by atoms with Crippen LogP contribution in [0.2, 0.25) is 0 Å². The highest BCUT2D eigenvalue weighted by Crippen LogP contribution is 2.13. The lowest BCUT2D eigenvalue weighted by Crippen LogP contribution is -2.35. The van der Waals surface area contributed by atoms with Crippen LogP contribution in [-0.2, 0) is 0 Å². The van der Waals surface area contributed by atoms with Gasteiger partial charge in [-0.05, 0) is 50.2 Å². The molecule has 1 fully saturated rings. The standard InChI is InChI=1S/C15H22N2O2/c1-16(11-12-17-9-3-4-10-17)15(18)13-5-7-14(19-2)8-6-13/h5-8H,3-4,9-12H2,1-2H3. The van der Waals surface area contributed by atoms with Crippen LogP contribution in [0.5, 0.6) is 5.75 Å². The number of carbonyl (C=O) groups excluding carboxylic acids is 1. The van der Waals surface area contributed by atoms with Crippen LogP contribution in [0, 0.1) is 0 Å². The molecular formula is C15H22N2O2. The molecule has 0 N–H and O–H groups in total. The number of nitrogens with zero attached hydrogens (tertiary/aromatic N) is 2. The summed E-state index contributed by atoms with van der Waals surface area (Å²) in [6, 6.07) is 7.27. The van der Waals surface area contributed by atoms with E-state index in [-0.39, 0.29) is 5.91 Å². The number of ether oxygens (including phenoxy) is 1. The molecule has 0 unspecified atom stereocenters. The first kappa shape index (κ1) is 13.9. The van der Waals surface area contributed by atoms with Gasteiger partial charge in [-0.15, -0.1) is 0 Å². The number of hydrogen-bond donors (Lipinski definition) is 0. The Labute approximate surface area is 115 Å². The van der Waals surface area contributed by atoms with Gasteiger partial charge in [-0.25, -0.2) is 0 Å². The molecule has 1 aromatic rings. The van der Waals surface area contributed by atoms with E-state index in [4.69, 9.17) is 4.74 Å². The van der Waals surface area contributed by atoms with Gasteiger partial charge in [0.05, 0.1) is 7.11 Å². The summed E-state index contributed by atoms with van der Waals surface area (Å²) < 4.78 is 5.09. The van der Waals surface area contributed by atoms with Gasteiger partial charge >= 0.3 is 0 Å². The monoisotopic (exact) mass is 262 g/mol. The summed E-state index contributed by atoms with van der Waals surface area (Å²) in [5.41, 5.74) is 0.713. The first-order valence-corrected chi connectivity index (χ1v) is 6.82. The Morgan fingerprint density at radius 2 is 1.89 bits per heavy atom. The van der Waals surface area contributed by atoms with Crippen LogP contribution in [0.1, 0.15) is 23.2 Å². The minimum Gasteiger partial charge on any atom is -0.497 e. The average molecular weight is 262 g/mol. The third-order valence-corrected chi connectivity index (χ3v) is 3.63. The van der Waals surface area contributed by atoms with Gasteiger partial charge < -0.3 is 14.5 Å². The van der Waals surface area contributed by atoms with E-state index in [2.05, 4.69) is 4.90 Å². The van der Waals surface area contributed by atoms with Crippen LogP contribution < -0.4 is 4.74 Å². The topological polar surface area (TPSA) is 32.8 Å². The first-order chi connectivity index (χ1) is 9.20. The van der Waals surface area contributed by atoms with Gasteiger partial charge in [0.2, 0.25) is 0 Å². The SMILES string of the molecule is COc1ccc(C(=O)N(C)CCN2CCCC2)cc1. The van der Waals surface area contributed by atoms with Gasteiger partial charge in [0.25, 0.3) is 5.91 Å². The maximum absolute atomic E-state index is 12.2. The molecule has 0 radical (unpaired) electrons. The molecule has 2 rings (SSSR count). The van der Waals surface area contributed by atoms with E-state index < -0.39 is 0 Å². The Morgan fingerprint density at radius 1 is 1.26 bits per heavy atom. The first-order valence-electron chi connectivity index (χ1n) is 6.82. The quantitative estimate of drug-likeness (QED) is 0.812. The van der Waals surface area contributed by atoms with E-state index in [1.807, 2.05) is 31.3 Å². The van der Waals surface area contributed by atoms with Crippen molar-refractivity contribution in [2.75, 3.05) is 40.3 Å². The van der Waals surface area contributed by atoms with Crippen LogP contribution in [0.15, 0.2) is 24.3 Å². The third-order valence-electron chi connectivity index (χ3n) is 3.63. The maximum Gasteiger partial charge on any atom is 0.253 e. The lowest BCUT2D eigenvalue weighted by atomic mass is 10.2. The summed E-state index contributed by atoms with van der Waals surface area (Å²) in [5.74, 6) is 0.845. The van der Waals surface area contributed by atoms with Crippen molar-refractivity contribution in [1.29, 1.82) is 0 Å². The molecule has 1 saturated heterocycles. The molecule has 4 heteroatoms. The number of likely N-dealkylation sites (tertiary alicyclic amines) is 1. The molecule has 1 aliphatic heterocycles. The van der Waals surface area contributed by atoms with Crippen molar-refractivity contribution in [2.24, 2.45) is 0 Å². The highest BCUT2D eigenvalue weighted by Gasteiger charge is 2.15. The maximum atomic E-state index is 12.2. The van der Waals surface area contributed by atoms with Crippen LogP contribution >= 0.6 is 0 Å². The normalized spacial score (nSPS) is 15.5. The molecule has 1 aliphatic rings. The second-order valence-corrected chi connectivity index (χ2v) is 5.00. The fourth-order valence-corrected chi connectivity index (χ4v) is 2.35. The fraction of sp³-hybridized carbons (Fsp3) is 0.533. The van der Waals surface area contributed by atoms with E-state index in [1.54, 1.807) is 12.0 Å². The fourth-order valence-electron chi connectivity index (χ4n) is 2.35. The van der Waals surface area contributed by atoms with Crippen molar-refractivity contribution in [3.8, 4) is 5.75 Å². The van der Waals surface area contributed by atoms with Gasteiger partial charge in [-0.2, -0.15) is 0 Å². The number of carbonyl (C=O) groups is 1. The van der Waals surface area contributed by atoms with Gasteiger partial charge in [0.1, 0.15) is 5.75 Å². The van der Waals surface area contributed by atoms with Crippen LogP contribution in [0.4, 0.5) is 0 Å². The Bertz CT molecular complexity index is 411. The van der Waals surface area contributed by atoms with Crippen LogP contribution in [0.3, 0.4) is 0 Å². The summed E-state index contributed by atoms with van der Waals surface area (Å²) in [5, 5.41) is 0. The summed E-state index contributed by atoms with van der Waals surface area (Å²) >= 11 is 0. The van der Waals surface area contributed by atoms with Gasteiger partial charge in [-0.1, -0.05) is 0 Å². The van der Waals surface area contributed by atoms with Crippen molar-refractivity contribution >= 4 is 5.91 Å². The summed E-state index contributed by atoms with van der Waals surface area (Å²) in [4.78, 5) is 16.4. The number of rotatable bonds is 5. The number of likely N-dealkylation sites (N-methyl/N-ethyl adjacent to an activating group) is 1.